The van der Waals surface area contributed by atoms with Gasteiger partial charge in [-0.25, -0.2) is 13.2 Å². The van der Waals surface area contributed by atoms with Crippen LogP contribution in [-0.4, -0.2) is 56.8 Å². The summed E-state index contributed by atoms with van der Waals surface area (Å²) in [6.07, 6.45) is 0.184. The number of esters is 1. The van der Waals surface area contributed by atoms with Crippen molar-refractivity contribution in [3.8, 4) is 12.1 Å². The molecule has 29 heavy (non-hydrogen) atoms. The first-order valence-electron chi connectivity index (χ1n) is 8.68. The molecule has 11 heteroatoms. The Morgan fingerprint density at radius 2 is 1.83 bits per heavy atom. The van der Waals surface area contributed by atoms with E-state index in [1.165, 1.54) is 17.9 Å². The minimum atomic E-state index is -3.73. The van der Waals surface area contributed by atoms with Crippen molar-refractivity contribution in [3.05, 3.63) is 29.8 Å². The Kier molecular flexibility index (Phi) is 7.28. The van der Waals surface area contributed by atoms with Gasteiger partial charge in [0.25, 0.3) is 15.9 Å². The van der Waals surface area contributed by atoms with Crippen molar-refractivity contribution >= 4 is 27.7 Å². The van der Waals surface area contributed by atoms with Gasteiger partial charge in [0, 0.05) is 18.7 Å². The lowest BCUT2D eigenvalue weighted by molar-refractivity contribution is -0.152. The molecule has 1 amide bonds. The van der Waals surface area contributed by atoms with E-state index in [4.69, 9.17) is 15.3 Å². The van der Waals surface area contributed by atoms with Gasteiger partial charge in [-0.2, -0.15) is 10.5 Å². The van der Waals surface area contributed by atoms with Crippen molar-refractivity contribution in [3.63, 3.8) is 0 Å². The summed E-state index contributed by atoms with van der Waals surface area (Å²) in [7, 11) is -3.73. The summed E-state index contributed by atoms with van der Waals surface area (Å²) in [5.41, 5.74) is 0.349. The Hall–Kier alpha value is -3.44. The fourth-order valence-electron chi connectivity index (χ4n) is 2.55. The van der Waals surface area contributed by atoms with Crippen LogP contribution in [0.2, 0.25) is 0 Å². The molecule has 0 spiro atoms. The Labute approximate surface area is 168 Å². The maximum atomic E-state index is 12.2. The zero-order valence-corrected chi connectivity index (χ0v) is 16.5. The highest BCUT2D eigenvalue weighted by Crippen LogP contribution is 2.22. The van der Waals surface area contributed by atoms with E-state index in [0.29, 0.717) is 5.56 Å². The molecular weight excluding hydrogens is 398 g/mol. The molecule has 0 fully saturated rings. The molecule has 1 N–H and O–H groups in total. The molecule has 10 nitrogen and oxygen atoms in total. The molecular formula is C18H19N5O5S. The van der Waals surface area contributed by atoms with Crippen molar-refractivity contribution < 1.29 is 22.7 Å². The van der Waals surface area contributed by atoms with E-state index in [1.807, 2.05) is 12.1 Å². The summed E-state index contributed by atoms with van der Waals surface area (Å²) in [6, 6.07) is 8.98. The van der Waals surface area contributed by atoms with Crippen molar-refractivity contribution in [2.45, 2.75) is 30.7 Å². The molecule has 0 saturated heterocycles. The van der Waals surface area contributed by atoms with Crippen LogP contribution in [0, 0.1) is 22.7 Å². The van der Waals surface area contributed by atoms with Gasteiger partial charge in [0.2, 0.25) is 0 Å². The van der Waals surface area contributed by atoms with Crippen LogP contribution in [0.15, 0.2) is 34.2 Å². The third-order valence-corrected chi connectivity index (χ3v) is 5.40. The molecule has 0 aliphatic carbocycles. The lowest BCUT2D eigenvalue weighted by atomic mass is 10.2. The predicted octanol–water partition coefficient (Wildman–Crippen LogP) is 0.313. The fraction of sp³-hybridized carbons (Fsp3) is 0.389. The summed E-state index contributed by atoms with van der Waals surface area (Å²) in [5, 5.41) is 17.3. The van der Waals surface area contributed by atoms with Gasteiger partial charge in [-0.3, -0.25) is 14.5 Å². The number of nitrogens with zero attached hydrogens (tertiary/aromatic N) is 4. The maximum Gasteiger partial charge on any atom is 0.331 e. The number of nitrogens with one attached hydrogen (secondary N) is 1. The number of sulfonamides is 1. The standard InChI is InChI=1S/C18H19N5O5S/c1-13(21-17-14-6-2-3-7-15(14)29(26,27)22-17)18(25)28-12-16(24)23(10-4-8-19)11-5-9-20/h2-3,6-7,13H,4-5,10-12H2,1H3,(H,21,22)/t13-/m0/s1. The number of carbonyl (C=O) groups excluding carboxylic acids is 2. The first-order valence-corrected chi connectivity index (χ1v) is 10.2. The molecule has 1 aromatic carbocycles. The topological polar surface area (TPSA) is 153 Å². The first kappa shape index (κ1) is 21.9. The Morgan fingerprint density at radius 3 is 2.45 bits per heavy atom. The van der Waals surface area contributed by atoms with Gasteiger partial charge in [-0.1, -0.05) is 12.1 Å². The highest BCUT2D eigenvalue weighted by molar-refractivity contribution is 7.90. The molecule has 0 unspecified atom stereocenters. The first-order chi connectivity index (χ1) is 13.8. The number of amides is 1. The number of fused-ring (bicyclic) bond motifs is 1. The van der Waals surface area contributed by atoms with E-state index in [1.54, 1.807) is 18.2 Å². The highest BCUT2D eigenvalue weighted by atomic mass is 32.2. The minimum absolute atomic E-state index is 0.0287. The van der Waals surface area contributed by atoms with E-state index < -0.39 is 34.5 Å². The number of rotatable bonds is 8. The van der Waals surface area contributed by atoms with Crippen LogP contribution in [0.5, 0.6) is 0 Å². The van der Waals surface area contributed by atoms with E-state index in [0.717, 1.165) is 0 Å². The number of benzene rings is 1. The molecule has 1 atom stereocenters. The van der Waals surface area contributed by atoms with Crippen LogP contribution < -0.4 is 4.72 Å². The van der Waals surface area contributed by atoms with Crippen LogP contribution in [-0.2, 0) is 24.3 Å². The Bertz CT molecular complexity index is 988. The summed E-state index contributed by atoms with van der Waals surface area (Å²) < 4.78 is 31.4. The zero-order valence-electron chi connectivity index (χ0n) is 15.7. The van der Waals surface area contributed by atoms with Gasteiger partial charge in [0.15, 0.2) is 6.61 Å². The molecule has 152 valence electrons. The molecule has 1 aliphatic heterocycles. The number of amidine groups is 1. The van der Waals surface area contributed by atoms with Crippen molar-refractivity contribution in [2.75, 3.05) is 19.7 Å². The van der Waals surface area contributed by atoms with Crippen LogP contribution in [0.4, 0.5) is 0 Å². The molecule has 1 heterocycles. The smallest absolute Gasteiger partial charge is 0.331 e. The molecule has 0 bridgehead atoms. The van der Waals surface area contributed by atoms with Gasteiger partial charge < -0.3 is 9.64 Å². The molecule has 0 saturated carbocycles. The lowest BCUT2D eigenvalue weighted by Gasteiger charge is -2.20. The molecule has 1 aliphatic rings. The molecule has 0 aromatic heterocycles. The lowest BCUT2D eigenvalue weighted by Crippen LogP contribution is -2.37. The summed E-state index contributed by atoms with van der Waals surface area (Å²) in [6.45, 7) is 1.11. The predicted molar refractivity (Wildman–Crippen MR) is 101 cm³/mol. The number of ether oxygens (including phenoxy) is 1. The maximum absolute atomic E-state index is 12.2. The van der Waals surface area contributed by atoms with E-state index in [2.05, 4.69) is 9.71 Å². The fourth-order valence-corrected chi connectivity index (χ4v) is 3.79. The van der Waals surface area contributed by atoms with Gasteiger partial charge in [0.05, 0.1) is 29.9 Å². The monoisotopic (exact) mass is 417 g/mol. The number of aliphatic imine (C=N–C) groups is 1. The number of hydrogen-bond donors (Lipinski definition) is 1. The average Bonchev–Trinajstić information content (AvgIpc) is 2.96. The second-order valence-electron chi connectivity index (χ2n) is 6.06. The summed E-state index contributed by atoms with van der Waals surface area (Å²) >= 11 is 0. The average molecular weight is 417 g/mol. The summed E-state index contributed by atoms with van der Waals surface area (Å²) in [4.78, 5) is 29.8. The third kappa shape index (κ3) is 5.53. The van der Waals surface area contributed by atoms with Crippen LogP contribution in [0.1, 0.15) is 25.3 Å². The number of nitriles is 2. The van der Waals surface area contributed by atoms with E-state index in [9.17, 15) is 18.0 Å². The zero-order chi connectivity index (χ0) is 21.4. The third-order valence-electron chi connectivity index (χ3n) is 4.00. The molecule has 1 aromatic rings. The van der Waals surface area contributed by atoms with Crippen LogP contribution in [0.3, 0.4) is 0 Å². The SMILES string of the molecule is C[C@H](N=C1NS(=O)(=O)c2ccccc21)C(=O)OCC(=O)N(CCC#N)CCC#N. The van der Waals surface area contributed by atoms with Crippen molar-refractivity contribution in [1.29, 1.82) is 10.5 Å². The van der Waals surface area contributed by atoms with Crippen LogP contribution >= 0.6 is 0 Å². The quantitative estimate of drug-likeness (QED) is 0.597. The number of hydrogen-bond acceptors (Lipinski definition) is 8. The molecule has 0 radical (unpaired) electrons. The highest BCUT2D eigenvalue weighted by Gasteiger charge is 2.31. The Morgan fingerprint density at radius 1 is 1.21 bits per heavy atom. The molecule has 2 rings (SSSR count). The van der Waals surface area contributed by atoms with Crippen molar-refractivity contribution in [2.24, 2.45) is 4.99 Å². The largest absolute Gasteiger partial charge is 0.454 e. The number of carbonyl (C=O) groups is 2. The second-order valence-corrected chi connectivity index (χ2v) is 7.71. The van der Waals surface area contributed by atoms with Gasteiger partial charge in [0.1, 0.15) is 11.9 Å². The van der Waals surface area contributed by atoms with Gasteiger partial charge in [-0.05, 0) is 19.1 Å². The second kappa shape index (κ2) is 9.66. The Balaban J connectivity index is 2.01. The van der Waals surface area contributed by atoms with Gasteiger partial charge in [-0.15, -0.1) is 0 Å². The van der Waals surface area contributed by atoms with Crippen LogP contribution in [0.25, 0.3) is 0 Å². The van der Waals surface area contributed by atoms with Gasteiger partial charge >= 0.3 is 5.97 Å². The normalized spacial score (nSPS) is 16.0. The summed E-state index contributed by atoms with van der Waals surface area (Å²) in [5.74, 6) is -1.31. The van der Waals surface area contributed by atoms with E-state index >= 15 is 0 Å². The minimum Gasteiger partial charge on any atom is -0.454 e. The van der Waals surface area contributed by atoms with E-state index in [-0.39, 0.29) is 36.7 Å². The van der Waals surface area contributed by atoms with Crippen molar-refractivity contribution in [1.82, 2.24) is 9.62 Å².